The zero-order valence-corrected chi connectivity index (χ0v) is 5.44. The van der Waals surface area contributed by atoms with Crippen molar-refractivity contribution >= 4 is 12.6 Å². The second-order valence-corrected chi connectivity index (χ2v) is 2.61. The Balaban J connectivity index is 3.54. The van der Waals surface area contributed by atoms with Crippen LogP contribution in [-0.2, 0) is 0 Å². The molecule has 0 saturated carbocycles. The van der Waals surface area contributed by atoms with Crippen molar-refractivity contribution in [1.29, 1.82) is 0 Å². The van der Waals surface area contributed by atoms with Crippen molar-refractivity contribution < 1.29 is 0 Å². The Labute approximate surface area is 49.0 Å². The molecule has 0 rings (SSSR count). The van der Waals surface area contributed by atoms with Crippen LogP contribution < -0.4 is 11.6 Å². The van der Waals surface area contributed by atoms with E-state index in [1.165, 1.54) is 5.01 Å². The zero-order chi connectivity index (χ0) is 6.08. The summed E-state index contributed by atoms with van der Waals surface area (Å²) in [7, 11) is 1.66. The number of hydrazine groups is 1. The van der Waals surface area contributed by atoms with Crippen LogP contribution in [0.15, 0.2) is 0 Å². The highest BCUT2D eigenvalue weighted by molar-refractivity contribution is 7.81. The minimum absolute atomic E-state index is 0.694. The summed E-state index contributed by atoms with van der Waals surface area (Å²) in [5, 5.41) is 1.33. The number of hydrogen-bond acceptors (Lipinski definition) is 4. The molecular weight excluding hydrogens is 110 g/mol. The van der Waals surface area contributed by atoms with Crippen LogP contribution in [-0.4, -0.2) is 17.1 Å². The Kier molecular flexibility index (Phi) is 2.07. The fourth-order valence-electron chi connectivity index (χ4n) is 0. The molecule has 4 N–H and O–H groups in total. The van der Waals surface area contributed by atoms with Crippen LogP contribution in [0.3, 0.4) is 0 Å². The van der Waals surface area contributed by atoms with Gasteiger partial charge in [0.05, 0.1) is 0 Å². The van der Waals surface area contributed by atoms with Gasteiger partial charge in [0.25, 0.3) is 0 Å². The molecule has 3 nitrogen and oxygen atoms in total. The first kappa shape index (κ1) is 7.23. The van der Waals surface area contributed by atoms with Gasteiger partial charge in [0.1, 0.15) is 4.99 Å². The molecule has 1 unspecified atom stereocenters. The fraction of sp³-hybridized carbons (Fsp3) is 1.00. The molecule has 0 aromatic heterocycles. The van der Waals surface area contributed by atoms with Crippen LogP contribution in [0.2, 0.25) is 0 Å². The van der Waals surface area contributed by atoms with E-state index in [2.05, 4.69) is 12.6 Å². The van der Waals surface area contributed by atoms with Gasteiger partial charge in [-0.2, -0.15) is 0 Å². The van der Waals surface area contributed by atoms with Crippen LogP contribution in [0.25, 0.3) is 0 Å². The Hall–Kier alpha value is 0.230. The molecule has 0 amide bonds. The van der Waals surface area contributed by atoms with Gasteiger partial charge in [-0.15, -0.1) is 12.6 Å². The molecule has 0 aliphatic carbocycles. The van der Waals surface area contributed by atoms with Crippen LogP contribution in [0.4, 0.5) is 0 Å². The lowest BCUT2D eigenvalue weighted by atomic mass is 10.6. The normalized spacial score (nSPS) is 19.7. The average molecular weight is 121 g/mol. The molecule has 0 fully saturated rings. The average Bonchev–Trinajstić information content (AvgIpc) is 1.31. The number of thiol groups is 1. The maximum absolute atomic E-state index is 5.34. The highest BCUT2D eigenvalue weighted by Gasteiger charge is 2.13. The molecular formula is C3H11N3S. The fourth-order valence-corrected chi connectivity index (χ4v) is 0. The first-order valence-electron chi connectivity index (χ1n) is 1.94. The predicted octanol–water partition coefficient (Wildman–Crippen LogP) is -0.646. The van der Waals surface area contributed by atoms with E-state index in [-0.39, 0.29) is 0 Å². The van der Waals surface area contributed by atoms with Crippen LogP contribution >= 0.6 is 12.6 Å². The van der Waals surface area contributed by atoms with E-state index in [0.717, 1.165) is 0 Å². The van der Waals surface area contributed by atoms with E-state index in [4.69, 9.17) is 11.6 Å². The van der Waals surface area contributed by atoms with Gasteiger partial charge >= 0.3 is 0 Å². The summed E-state index contributed by atoms with van der Waals surface area (Å²) >= 11 is 3.93. The number of hydrogen-bond donors (Lipinski definition) is 3. The number of nitrogens with two attached hydrogens (primary N) is 2. The molecule has 0 bridgehead atoms. The second kappa shape index (κ2) is 2.00. The van der Waals surface area contributed by atoms with Gasteiger partial charge in [0.15, 0.2) is 0 Å². The van der Waals surface area contributed by atoms with Gasteiger partial charge < -0.3 is 5.73 Å². The summed E-state index contributed by atoms with van der Waals surface area (Å²) in [6, 6.07) is 0. The summed E-state index contributed by atoms with van der Waals surface area (Å²) in [5.74, 6) is 5.20. The molecule has 0 aromatic carbocycles. The van der Waals surface area contributed by atoms with E-state index in [0.29, 0.717) is 0 Å². The molecule has 7 heavy (non-hydrogen) atoms. The third-order valence-electron chi connectivity index (χ3n) is 0.714. The summed E-state index contributed by atoms with van der Waals surface area (Å²) in [6.07, 6.45) is 0. The molecule has 0 radical (unpaired) electrons. The monoisotopic (exact) mass is 121 g/mol. The van der Waals surface area contributed by atoms with E-state index < -0.39 is 4.99 Å². The standard InChI is InChI=1S/C3H11N3S/c1-3(4,7)6(2)5/h7H,4-5H2,1-2H3. The van der Waals surface area contributed by atoms with E-state index >= 15 is 0 Å². The number of rotatable bonds is 1. The maximum Gasteiger partial charge on any atom is 0.123 e. The van der Waals surface area contributed by atoms with Crippen molar-refractivity contribution in [2.45, 2.75) is 11.9 Å². The lowest BCUT2D eigenvalue weighted by molar-refractivity contribution is 0.242. The van der Waals surface area contributed by atoms with Crippen molar-refractivity contribution in [2.24, 2.45) is 11.6 Å². The third-order valence-corrected chi connectivity index (χ3v) is 1.03. The summed E-state index contributed by atoms with van der Waals surface area (Å²) in [5.41, 5.74) is 5.34. The van der Waals surface area contributed by atoms with Crippen LogP contribution in [0.1, 0.15) is 6.92 Å². The summed E-state index contributed by atoms with van der Waals surface area (Å²) in [4.78, 5) is -0.694. The lowest BCUT2D eigenvalue weighted by Gasteiger charge is -2.25. The topological polar surface area (TPSA) is 55.3 Å². The molecule has 0 spiro atoms. The largest absolute Gasteiger partial charge is 0.304 e. The van der Waals surface area contributed by atoms with Gasteiger partial charge in [-0.05, 0) is 6.92 Å². The van der Waals surface area contributed by atoms with Crippen molar-refractivity contribution in [2.75, 3.05) is 7.05 Å². The Morgan fingerprint density at radius 3 is 1.86 bits per heavy atom. The minimum Gasteiger partial charge on any atom is -0.304 e. The second-order valence-electron chi connectivity index (χ2n) is 1.70. The summed E-state index contributed by atoms with van der Waals surface area (Å²) < 4.78 is 0. The van der Waals surface area contributed by atoms with Crippen LogP contribution in [0.5, 0.6) is 0 Å². The molecule has 0 aliphatic heterocycles. The smallest absolute Gasteiger partial charge is 0.123 e. The van der Waals surface area contributed by atoms with E-state index in [1.807, 2.05) is 0 Å². The zero-order valence-electron chi connectivity index (χ0n) is 4.55. The molecule has 44 valence electrons. The van der Waals surface area contributed by atoms with Crippen molar-refractivity contribution in [3.05, 3.63) is 0 Å². The lowest BCUT2D eigenvalue weighted by Crippen LogP contribution is -2.50. The van der Waals surface area contributed by atoms with Crippen molar-refractivity contribution in [3.63, 3.8) is 0 Å². The summed E-state index contributed by atoms with van der Waals surface area (Å²) in [6.45, 7) is 1.70. The van der Waals surface area contributed by atoms with Crippen molar-refractivity contribution in [1.82, 2.24) is 5.01 Å². The van der Waals surface area contributed by atoms with Gasteiger partial charge in [0.2, 0.25) is 0 Å². The highest BCUT2D eigenvalue weighted by Crippen LogP contribution is 2.03. The maximum atomic E-state index is 5.34. The SMILES string of the molecule is CN(N)C(C)(N)S. The quantitative estimate of drug-likeness (QED) is 0.187. The molecule has 0 aromatic rings. The molecule has 0 heterocycles. The predicted molar refractivity (Wildman–Crippen MR) is 33.5 cm³/mol. The van der Waals surface area contributed by atoms with Gasteiger partial charge in [-0.3, -0.25) is 5.84 Å². The molecule has 1 atom stereocenters. The van der Waals surface area contributed by atoms with Gasteiger partial charge in [-0.1, -0.05) is 0 Å². The van der Waals surface area contributed by atoms with Crippen molar-refractivity contribution in [3.8, 4) is 0 Å². The minimum atomic E-state index is -0.694. The number of nitrogens with zero attached hydrogens (tertiary/aromatic N) is 1. The Morgan fingerprint density at radius 1 is 1.71 bits per heavy atom. The molecule has 0 saturated heterocycles. The first-order chi connectivity index (χ1) is 2.94. The Bertz CT molecular complexity index is 55.7. The van der Waals surface area contributed by atoms with E-state index in [1.54, 1.807) is 14.0 Å². The van der Waals surface area contributed by atoms with E-state index in [9.17, 15) is 0 Å². The highest BCUT2D eigenvalue weighted by atomic mass is 32.1. The molecule has 0 aliphatic rings. The first-order valence-corrected chi connectivity index (χ1v) is 2.39. The van der Waals surface area contributed by atoms with Crippen LogP contribution in [0, 0.1) is 0 Å². The van der Waals surface area contributed by atoms with Gasteiger partial charge in [0, 0.05) is 7.05 Å². The molecule has 4 heteroatoms. The van der Waals surface area contributed by atoms with Gasteiger partial charge in [-0.25, -0.2) is 5.01 Å². The Morgan fingerprint density at radius 2 is 1.86 bits per heavy atom. The third kappa shape index (κ3) is 2.87.